The van der Waals surface area contributed by atoms with E-state index in [0.29, 0.717) is 12.6 Å². The number of piperazine rings is 1. The molecular weight excluding hydrogens is 276 g/mol. The van der Waals surface area contributed by atoms with Gasteiger partial charge in [-0.05, 0) is 31.5 Å². The number of nitrogens with zero attached hydrogens (tertiary/aromatic N) is 4. The van der Waals surface area contributed by atoms with Gasteiger partial charge in [-0.25, -0.2) is 0 Å². The predicted molar refractivity (Wildman–Crippen MR) is 86.4 cm³/mol. The highest BCUT2D eigenvalue weighted by atomic mass is 16.2. The smallest absolute Gasteiger partial charge is 0.236 e. The van der Waals surface area contributed by atoms with Gasteiger partial charge < -0.3 is 4.90 Å². The molecule has 2 aliphatic rings. The lowest BCUT2D eigenvalue weighted by atomic mass is 9.92. The highest BCUT2D eigenvalue weighted by molar-refractivity contribution is 5.78. The topological polar surface area (TPSA) is 39.7 Å². The van der Waals surface area contributed by atoms with Crippen LogP contribution in [0.1, 0.15) is 24.8 Å². The SMILES string of the molecule is CN(CC(=O)N1CCN(Cc2cccnc2)CC1)C1CCC1. The zero-order valence-corrected chi connectivity index (χ0v) is 13.4. The van der Waals surface area contributed by atoms with E-state index in [0.717, 1.165) is 32.7 Å². The molecule has 0 spiro atoms. The van der Waals surface area contributed by atoms with Crippen molar-refractivity contribution in [2.45, 2.75) is 31.8 Å². The van der Waals surface area contributed by atoms with Crippen molar-refractivity contribution >= 4 is 5.91 Å². The summed E-state index contributed by atoms with van der Waals surface area (Å²) in [5.74, 6) is 0.287. The minimum Gasteiger partial charge on any atom is -0.339 e. The third kappa shape index (κ3) is 3.84. The van der Waals surface area contributed by atoms with E-state index in [1.807, 2.05) is 17.2 Å². The molecule has 0 atom stereocenters. The maximum atomic E-state index is 12.4. The zero-order chi connectivity index (χ0) is 15.4. The van der Waals surface area contributed by atoms with Crippen molar-refractivity contribution in [3.05, 3.63) is 30.1 Å². The number of carbonyl (C=O) groups excluding carboxylic acids is 1. The molecule has 5 heteroatoms. The first-order valence-electron chi connectivity index (χ1n) is 8.31. The number of hydrogen-bond donors (Lipinski definition) is 0. The third-order valence-electron chi connectivity index (χ3n) is 4.94. The highest BCUT2D eigenvalue weighted by Crippen LogP contribution is 2.23. The number of likely N-dealkylation sites (N-methyl/N-ethyl adjacent to an activating group) is 1. The van der Waals surface area contributed by atoms with E-state index in [2.05, 4.69) is 27.9 Å². The molecule has 0 N–H and O–H groups in total. The van der Waals surface area contributed by atoms with Crippen LogP contribution in [0.4, 0.5) is 0 Å². The number of pyridine rings is 1. The van der Waals surface area contributed by atoms with Crippen LogP contribution in [0.25, 0.3) is 0 Å². The van der Waals surface area contributed by atoms with E-state index in [4.69, 9.17) is 0 Å². The van der Waals surface area contributed by atoms with Gasteiger partial charge >= 0.3 is 0 Å². The fourth-order valence-corrected chi connectivity index (χ4v) is 3.18. The van der Waals surface area contributed by atoms with Crippen molar-refractivity contribution in [1.29, 1.82) is 0 Å². The van der Waals surface area contributed by atoms with Gasteiger partial charge in [0.05, 0.1) is 6.54 Å². The maximum absolute atomic E-state index is 12.4. The van der Waals surface area contributed by atoms with Crippen molar-refractivity contribution in [3.8, 4) is 0 Å². The Hall–Kier alpha value is -1.46. The van der Waals surface area contributed by atoms with Gasteiger partial charge in [-0.15, -0.1) is 0 Å². The fraction of sp³-hybridized carbons (Fsp3) is 0.647. The molecule has 1 amide bonds. The molecule has 1 saturated carbocycles. The second kappa shape index (κ2) is 7.20. The second-order valence-electron chi connectivity index (χ2n) is 6.52. The molecule has 2 fully saturated rings. The summed E-state index contributed by atoms with van der Waals surface area (Å²) in [5, 5.41) is 0. The number of rotatable bonds is 5. The summed E-state index contributed by atoms with van der Waals surface area (Å²) < 4.78 is 0. The van der Waals surface area contributed by atoms with Crippen molar-refractivity contribution in [2.24, 2.45) is 0 Å². The first-order valence-corrected chi connectivity index (χ1v) is 8.31. The quantitative estimate of drug-likeness (QED) is 0.820. The summed E-state index contributed by atoms with van der Waals surface area (Å²) in [6.07, 6.45) is 7.55. The molecule has 1 aromatic heterocycles. The highest BCUT2D eigenvalue weighted by Gasteiger charge is 2.26. The lowest BCUT2D eigenvalue weighted by Gasteiger charge is -2.38. The Kier molecular flexibility index (Phi) is 5.05. The Labute approximate surface area is 132 Å². The molecule has 3 rings (SSSR count). The first-order chi connectivity index (χ1) is 10.7. The van der Waals surface area contributed by atoms with Gasteiger partial charge in [-0.3, -0.25) is 19.6 Å². The van der Waals surface area contributed by atoms with E-state index in [1.54, 1.807) is 6.20 Å². The number of amides is 1. The monoisotopic (exact) mass is 302 g/mol. The van der Waals surface area contributed by atoms with Crippen molar-refractivity contribution in [3.63, 3.8) is 0 Å². The molecule has 0 bridgehead atoms. The zero-order valence-electron chi connectivity index (χ0n) is 13.4. The molecule has 1 aliphatic heterocycles. The second-order valence-corrected chi connectivity index (χ2v) is 6.52. The Morgan fingerprint density at radius 1 is 1.32 bits per heavy atom. The third-order valence-corrected chi connectivity index (χ3v) is 4.94. The minimum atomic E-state index is 0.287. The molecule has 0 aromatic carbocycles. The van der Waals surface area contributed by atoms with Crippen LogP contribution in [0.5, 0.6) is 0 Å². The lowest BCUT2D eigenvalue weighted by Crippen LogP contribution is -2.52. The summed E-state index contributed by atoms with van der Waals surface area (Å²) in [7, 11) is 2.08. The van der Waals surface area contributed by atoms with Gasteiger partial charge in [0.15, 0.2) is 0 Å². The van der Waals surface area contributed by atoms with E-state index in [-0.39, 0.29) is 5.91 Å². The van der Waals surface area contributed by atoms with Gasteiger partial charge in [0.25, 0.3) is 0 Å². The van der Waals surface area contributed by atoms with Crippen LogP contribution in [0.2, 0.25) is 0 Å². The lowest BCUT2D eigenvalue weighted by molar-refractivity contribution is -0.134. The van der Waals surface area contributed by atoms with Crippen LogP contribution in [0, 0.1) is 0 Å². The summed E-state index contributed by atoms with van der Waals surface area (Å²) >= 11 is 0. The summed E-state index contributed by atoms with van der Waals surface area (Å²) in [5.41, 5.74) is 1.24. The molecule has 1 saturated heterocycles. The van der Waals surface area contributed by atoms with Crippen LogP contribution >= 0.6 is 0 Å². The van der Waals surface area contributed by atoms with Gasteiger partial charge in [-0.1, -0.05) is 12.5 Å². The molecule has 0 radical (unpaired) electrons. The first kappa shape index (κ1) is 15.4. The van der Waals surface area contributed by atoms with E-state index in [9.17, 15) is 4.79 Å². The van der Waals surface area contributed by atoms with Crippen molar-refractivity contribution in [1.82, 2.24) is 19.7 Å². The molecule has 120 valence electrons. The summed E-state index contributed by atoms with van der Waals surface area (Å²) in [6, 6.07) is 4.72. The maximum Gasteiger partial charge on any atom is 0.236 e. The Morgan fingerprint density at radius 2 is 2.09 bits per heavy atom. The normalized spacial score (nSPS) is 20.2. The molecule has 5 nitrogen and oxygen atoms in total. The molecular formula is C17H26N4O. The Morgan fingerprint density at radius 3 is 2.68 bits per heavy atom. The predicted octanol–water partition coefficient (Wildman–Crippen LogP) is 1.21. The van der Waals surface area contributed by atoms with Crippen LogP contribution in [0.3, 0.4) is 0 Å². The number of carbonyl (C=O) groups is 1. The number of aromatic nitrogens is 1. The average molecular weight is 302 g/mol. The van der Waals surface area contributed by atoms with E-state index < -0.39 is 0 Å². The molecule has 2 heterocycles. The van der Waals surface area contributed by atoms with Crippen molar-refractivity contribution in [2.75, 3.05) is 39.8 Å². The fourth-order valence-electron chi connectivity index (χ4n) is 3.18. The van der Waals surface area contributed by atoms with Crippen LogP contribution in [-0.2, 0) is 11.3 Å². The van der Waals surface area contributed by atoms with Crippen molar-refractivity contribution < 1.29 is 4.79 Å². The number of hydrogen-bond acceptors (Lipinski definition) is 4. The summed E-state index contributed by atoms with van der Waals surface area (Å²) in [6.45, 7) is 5.10. The minimum absolute atomic E-state index is 0.287. The van der Waals surface area contributed by atoms with Gasteiger partial charge in [-0.2, -0.15) is 0 Å². The van der Waals surface area contributed by atoms with E-state index in [1.165, 1.54) is 24.8 Å². The Balaban J connectivity index is 1.42. The van der Waals surface area contributed by atoms with Crippen LogP contribution in [0.15, 0.2) is 24.5 Å². The van der Waals surface area contributed by atoms with Gasteiger partial charge in [0, 0.05) is 51.2 Å². The van der Waals surface area contributed by atoms with Gasteiger partial charge in [0.1, 0.15) is 0 Å². The summed E-state index contributed by atoms with van der Waals surface area (Å²) in [4.78, 5) is 23.2. The van der Waals surface area contributed by atoms with E-state index >= 15 is 0 Å². The Bertz CT molecular complexity index is 481. The molecule has 0 unspecified atom stereocenters. The molecule has 1 aliphatic carbocycles. The molecule has 22 heavy (non-hydrogen) atoms. The average Bonchev–Trinajstić information content (AvgIpc) is 2.47. The molecule has 1 aromatic rings. The van der Waals surface area contributed by atoms with Crippen LogP contribution < -0.4 is 0 Å². The van der Waals surface area contributed by atoms with Crippen LogP contribution in [-0.4, -0.2) is 71.4 Å². The van der Waals surface area contributed by atoms with Gasteiger partial charge in [0.2, 0.25) is 5.91 Å². The standard InChI is InChI=1S/C17H26N4O/c1-19(16-5-2-6-16)14-17(22)21-10-8-20(9-11-21)13-15-4-3-7-18-12-15/h3-4,7,12,16H,2,5-6,8-11,13-14H2,1H3. The largest absolute Gasteiger partial charge is 0.339 e.